The SMILES string of the molecule is CC(=O)Oc1cccc2cc(C)cnc12. The molecule has 0 aliphatic heterocycles. The van der Waals surface area contributed by atoms with Crippen molar-refractivity contribution in [3.05, 3.63) is 36.0 Å². The number of carbonyl (C=O) groups excluding carboxylic acids is 1. The van der Waals surface area contributed by atoms with Gasteiger partial charge in [0.05, 0.1) is 0 Å². The van der Waals surface area contributed by atoms with Crippen molar-refractivity contribution < 1.29 is 9.53 Å². The second-order valence-electron chi connectivity index (χ2n) is 3.43. The Bertz CT molecular complexity index is 520. The lowest BCUT2D eigenvalue weighted by Crippen LogP contribution is -2.02. The molecule has 0 saturated heterocycles. The third-order valence-corrected chi connectivity index (χ3v) is 2.06. The minimum absolute atomic E-state index is 0.329. The number of aromatic nitrogens is 1. The van der Waals surface area contributed by atoms with Gasteiger partial charge in [0.2, 0.25) is 0 Å². The quantitative estimate of drug-likeness (QED) is 0.525. The van der Waals surface area contributed by atoms with Gasteiger partial charge in [-0.05, 0) is 24.6 Å². The van der Waals surface area contributed by atoms with Gasteiger partial charge in [0, 0.05) is 18.5 Å². The molecule has 0 aliphatic rings. The number of fused-ring (bicyclic) bond motifs is 1. The van der Waals surface area contributed by atoms with Crippen LogP contribution in [0.1, 0.15) is 12.5 Å². The van der Waals surface area contributed by atoms with E-state index < -0.39 is 0 Å². The summed E-state index contributed by atoms with van der Waals surface area (Å²) in [4.78, 5) is 15.1. The minimum atomic E-state index is -0.329. The number of para-hydroxylation sites is 1. The lowest BCUT2D eigenvalue weighted by Gasteiger charge is -2.05. The molecule has 0 saturated carbocycles. The predicted octanol–water partition coefficient (Wildman–Crippen LogP) is 2.47. The normalized spacial score (nSPS) is 10.3. The van der Waals surface area contributed by atoms with Crippen LogP contribution in [-0.2, 0) is 4.79 Å². The van der Waals surface area contributed by atoms with Gasteiger partial charge in [-0.1, -0.05) is 12.1 Å². The summed E-state index contributed by atoms with van der Waals surface area (Å²) in [5, 5.41) is 0.980. The van der Waals surface area contributed by atoms with E-state index >= 15 is 0 Å². The van der Waals surface area contributed by atoms with Crippen molar-refractivity contribution >= 4 is 16.9 Å². The van der Waals surface area contributed by atoms with Gasteiger partial charge in [-0.3, -0.25) is 9.78 Å². The highest BCUT2D eigenvalue weighted by Gasteiger charge is 2.05. The molecule has 2 rings (SSSR count). The Morgan fingerprint density at radius 3 is 2.93 bits per heavy atom. The molecule has 3 heteroatoms. The molecule has 1 aromatic heterocycles. The van der Waals surface area contributed by atoms with E-state index in [9.17, 15) is 4.79 Å². The predicted molar refractivity (Wildman–Crippen MR) is 57.8 cm³/mol. The lowest BCUT2D eigenvalue weighted by atomic mass is 10.1. The molecular weight excluding hydrogens is 190 g/mol. The maximum atomic E-state index is 10.9. The average molecular weight is 201 g/mol. The Morgan fingerprint density at radius 1 is 1.40 bits per heavy atom. The summed E-state index contributed by atoms with van der Waals surface area (Å²) in [5.41, 5.74) is 1.81. The molecule has 76 valence electrons. The van der Waals surface area contributed by atoms with Crippen LogP contribution in [0.5, 0.6) is 5.75 Å². The maximum absolute atomic E-state index is 10.9. The van der Waals surface area contributed by atoms with E-state index in [0.717, 1.165) is 16.5 Å². The van der Waals surface area contributed by atoms with Crippen molar-refractivity contribution in [1.82, 2.24) is 4.98 Å². The average Bonchev–Trinajstić information content (AvgIpc) is 2.16. The van der Waals surface area contributed by atoms with Gasteiger partial charge < -0.3 is 4.74 Å². The van der Waals surface area contributed by atoms with E-state index in [-0.39, 0.29) is 5.97 Å². The lowest BCUT2D eigenvalue weighted by molar-refractivity contribution is -0.131. The first-order valence-electron chi connectivity index (χ1n) is 4.70. The van der Waals surface area contributed by atoms with Crippen LogP contribution in [0, 0.1) is 6.92 Å². The molecule has 0 aliphatic carbocycles. The number of rotatable bonds is 1. The van der Waals surface area contributed by atoms with Crippen LogP contribution in [-0.4, -0.2) is 11.0 Å². The number of carbonyl (C=O) groups is 1. The molecule has 0 atom stereocenters. The van der Waals surface area contributed by atoms with E-state index in [4.69, 9.17) is 4.74 Å². The molecule has 0 amide bonds. The summed E-state index contributed by atoms with van der Waals surface area (Å²) in [6.45, 7) is 3.36. The third-order valence-electron chi connectivity index (χ3n) is 2.06. The zero-order valence-electron chi connectivity index (χ0n) is 8.65. The number of ether oxygens (including phenoxy) is 1. The zero-order chi connectivity index (χ0) is 10.8. The van der Waals surface area contributed by atoms with Crippen LogP contribution in [0.4, 0.5) is 0 Å². The van der Waals surface area contributed by atoms with Crippen molar-refractivity contribution in [3.8, 4) is 5.75 Å². The highest BCUT2D eigenvalue weighted by Crippen LogP contribution is 2.23. The second-order valence-corrected chi connectivity index (χ2v) is 3.43. The molecule has 0 spiro atoms. The summed E-state index contributed by atoms with van der Waals surface area (Å²) < 4.78 is 5.07. The number of hydrogen-bond acceptors (Lipinski definition) is 3. The molecule has 1 heterocycles. The van der Waals surface area contributed by atoms with Crippen molar-refractivity contribution in [1.29, 1.82) is 0 Å². The van der Waals surface area contributed by atoms with E-state index in [1.807, 2.05) is 25.1 Å². The number of hydrogen-bond donors (Lipinski definition) is 0. The summed E-state index contributed by atoms with van der Waals surface area (Å²) in [5.74, 6) is 0.185. The van der Waals surface area contributed by atoms with Gasteiger partial charge >= 0.3 is 5.97 Å². The fourth-order valence-electron chi connectivity index (χ4n) is 1.48. The highest BCUT2D eigenvalue weighted by atomic mass is 16.5. The molecule has 0 bridgehead atoms. The molecule has 0 radical (unpaired) electrons. The first-order valence-corrected chi connectivity index (χ1v) is 4.70. The summed E-state index contributed by atoms with van der Waals surface area (Å²) >= 11 is 0. The first-order chi connectivity index (χ1) is 7.16. The Balaban J connectivity index is 2.60. The van der Waals surface area contributed by atoms with E-state index in [0.29, 0.717) is 5.75 Å². The van der Waals surface area contributed by atoms with Crippen molar-refractivity contribution in [2.75, 3.05) is 0 Å². The molecule has 3 nitrogen and oxygen atoms in total. The third kappa shape index (κ3) is 1.96. The molecule has 0 unspecified atom stereocenters. The summed E-state index contributed by atoms with van der Waals surface area (Å²) in [6, 6.07) is 7.55. The fraction of sp³-hybridized carbons (Fsp3) is 0.167. The molecule has 0 fully saturated rings. The van der Waals surface area contributed by atoms with Crippen LogP contribution >= 0.6 is 0 Å². The number of pyridine rings is 1. The molecule has 0 N–H and O–H groups in total. The fourth-order valence-corrected chi connectivity index (χ4v) is 1.48. The number of esters is 1. The summed E-state index contributed by atoms with van der Waals surface area (Å²) in [7, 11) is 0. The molecule has 1 aromatic carbocycles. The van der Waals surface area contributed by atoms with Crippen LogP contribution in [0.15, 0.2) is 30.5 Å². The highest BCUT2D eigenvalue weighted by molar-refractivity contribution is 5.87. The number of nitrogens with zero attached hydrogens (tertiary/aromatic N) is 1. The summed E-state index contributed by atoms with van der Waals surface area (Å²) in [6.07, 6.45) is 1.76. The van der Waals surface area contributed by atoms with Crippen molar-refractivity contribution in [2.24, 2.45) is 0 Å². The number of benzene rings is 1. The molecule has 15 heavy (non-hydrogen) atoms. The topological polar surface area (TPSA) is 39.2 Å². The van der Waals surface area contributed by atoms with Gasteiger partial charge in [-0.15, -0.1) is 0 Å². The number of aryl methyl sites for hydroxylation is 1. The van der Waals surface area contributed by atoms with Crippen molar-refractivity contribution in [3.63, 3.8) is 0 Å². The Labute approximate surface area is 87.7 Å². The van der Waals surface area contributed by atoms with Gasteiger partial charge in [0.25, 0.3) is 0 Å². The Morgan fingerprint density at radius 2 is 2.20 bits per heavy atom. The minimum Gasteiger partial charge on any atom is -0.424 e. The van der Waals surface area contributed by atoms with Crippen LogP contribution in [0.25, 0.3) is 10.9 Å². The van der Waals surface area contributed by atoms with Crippen LogP contribution in [0.2, 0.25) is 0 Å². The van der Waals surface area contributed by atoms with E-state index in [2.05, 4.69) is 4.98 Å². The standard InChI is InChI=1S/C12H11NO2/c1-8-6-10-4-3-5-11(15-9(2)14)12(10)13-7-8/h3-7H,1-2H3. The Hall–Kier alpha value is -1.90. The van der Waals surface area contributed by atoms with Gasteiger partial charge in [-0.2, -0.15) is 0 Å². The zero-order valence-corrected chi connectivity index (χ0v) is 8.65. The molecule has 2 aromatic rings. The van der Waals surface area contributed by atoms with Gasteiger partial charge in [0.15, 0.2) is 5.75 Å². The van der Waals surface area contributed by atoms with E-state index in [1.54, 1.807) is 12.3 Å². The monoisotopic (exact) mass is 201 g/mol. The van der Waals surface area contributed by atoms with Gasteiger partial charge in [0.1, 0.15) is 5.52 Å². The van der Waals surface area contributed by atoms with Gasteiger partial charge in [-0.25, -0.2) is 0 Å². The first kappa shape index (κ1) is 9.65. The molecular formula is C12H11NO2. The van der Waals surface area contributed by atoms with Crippen molar-refractivity contribution in [2.45, 2.75) is 13.8 Å². The van der Waals surface area contributed by atoms with Crippen LogP contribution in [0.3, 0.4) is 0 Å². The van der Waals surface area contributed by atoms with E-state index in [1.165, 1.54) is 6.92 Å². The maximum Gasteiger partial charge on any atom is 0.308 e. The smallest absolute Gasteiger partial charge is 0.308 e. The van der Waals surface area contributed by atoms with Crippen LogP contribution < -0.4 is 4.74 Å². The largest absolute Gasteiger partial charge is 0.424 e. The second kappa shape index (κ2) is 3.69. The Kier molecular flexibility index (Phi) is 2.37.